The minimum atomic E-state index is -4.74. The van der Waals surface area contributed by atoms with E-state index in [0.717, 1.165) is 0 Å². The van der Waals surface area contributed by atoms with E-state index in [1.807, 2.05) is 0 Å². The third kappa shape index (κ3) is 3.74. The van der Waals surface area contributed by atoms with Crippen molar-refractivity contribution in [3.8, 4) is 0 Å². The molecule has 0 heterocycles. The number of carbonyl (C=O) groups excluding carboxylic acids is 1. The standard InChI is InChI=1S/C10H10ClNO6S/c11-7-3-1-6(2-4-7)8(13)10(12,9(14)15)5-19(16,17)18/h1-4H,5,12H2,(H,14,15)(H,16,17,18). The van der Waals surface area contributed by atoms with Gasteiger partial charge in [-0.05, 0) is 24.3 Å². The molecule has 19 heavy (non-hydrogen) atoms. The van der Waals surface area contributed by atoms with E-state index >= 15 is 0 Å². The van der Waals surface area contributed by atoms with Crippen LogP contribution >= 0.6 is 11.6 Å². The van der Waals surface area contributed by atoms with Crippen LogP contribution in [0, 0.1) is 0 Å². The molecule has 0 radical (unpaired) electrons. The smallest absolute Gasteiger partial charge is 0.333 e. The number of nitrogens with two attached hydrogens (primary N) is 1. The average molecular weight is 308 g/mol. The van der Waals surface area contributed by atoms with Crippen molar-refractivity contribution in [3.63, 3.8) is 0 Å². The van der Waals surface area contributed by atoms with Crippen LogP contribution in [0.2, 0.25) is 5.02 Å². The van der Waals surface area contributed by atoms with Gasteiger partial charge < -0.3 is 10.8 Å². The number of Topliss-reactive ketones (excluding diaryl/α,β-unsaturated/α-hetero) is 1. The monoisotopic (exact) mass is 307 g/mol. The van der Waals surface area contributed by atoms with Gasteiger partial charge in [-0.15, -0.1) is 0 Å². The Kier molecular flexibility index (Phi) is 4.31. The summed E-state index contributed by atoms with van der Waals surface area (Å²) >= 11 is 5.60. The Hall–Kier alpha value is -1.48. The molecule has 1 aromatic rings. The van der Waals surface area contributed by atoms with Gasteiger partial charge >= 0.3 is 5.97 Å². The Morgan fingerprint density at radius 3 is 2.11 bits per heavy atom. The van der Waals surface area contributed by atoms with Gasteiger partial charge in [-0.25, -0.2) is 4.79 Å². The molecule has 0 aromatic heterocycles. The minimum absolute atomic E-state index is 0.127. The SMILES string of the molecule is NC(CS(=O)(=O)O)(C(=O)O)C(=O)c1ccc(Cl)cc1. The number of carboxylic acids is 1. The summed E-state index contributed by atoms with van der Waals surface area (Å²) in [6.45, 7) is 0. The van der Waals surface area contributed by atoms with Crippen molar-refractivity contribution >= 4 is 33.5 Å². The molecule has 1 atom stereocenters. The lowest BCUT2D eigenvalue weighted by molar-refractivity contribution is -0.140. The minimum Gasteiger partial charge on any atom is -0.479 e. The largest absolute Gasteiger partial charge is 0.479 e. The molecule has 0 aliphatic rings. The maximum Gasteiger partial charge on any atom is 0.333 e. The van der Waals surface area contributed by atoms with E-state index in [2.05, 4.69) is 0 Å². The highest BCUT2D eigenvalue weighted by Crippen LogP contribution is 2.17. The van der Waals surface area contributed by atoms with Crippen LogP contribution in [-0.4, -0.2) is 41.1 Å². The van der Waals surface area contributed by atoms with E-state index in [4.69, 9.17) is 27.0 Å². The number of hydrogen-bond acceptors (Lipinski definition) is 5. The van der Waals surface area contributed by atoms with Crippen molar-refractivity contribution in [1.82, 2.24) is 0 Å². The first kappa shape index (κ1) is 15.6. The lowest BCUT2D eigenvalue weighted by atomic mass is 9.92. The maximum absolute atomic E-state index is 12.0. The summed E-state index contributed by atoms with van der Waals surface area (Å²) in [5.41, 5.74) is 2.43. The number of rotatable bonds is 5. The molecule has 0 aliphatic carbocycles. The van der Waals surface area contributed by atoms with Crippen molar-refractivity contribution in [2.45, 2.75) is 5.54 Å². The molecule has 9 heteroatoms. The molecular formula is C10H10ClNO6S. The summed E-state index contributed by atoms with van der Waals surface area (Å²) in [6, 6.07) is 5.06. The predicted octanol–water partition coefficient (Wildman–Crippen LogP) is 0.193. The van der Waals surface area contributed by atoms with E-state index in [1.54, 1.807) is 0 Å². The maximum atomic E-state index is 12.0. The zero-order valence-electron chi connectivity index (χ0n) is 9.41. The van der Waals surface area contributed by atoms with E-state index < -0.39 is 33.2 Å². The molecule has 4 N–H and O–H groups in total. The lowest BCUT2D eigenvalue weighted by Gasteiger charge is -2.21. The molecule has 104 valence electrons. The van der Waals surface area contributed by atoms with Gasteiger partial charge in [-0.3, -0.25) is 9.35 Å². The van der Waals surface area contributed by atoms with Crippen molar-refractivity contribution < 1.29 is 27.7 Å². The second-order valence-electron chi connectivity index (χ2n) is 3.84. The van der Waals surface area contributed by atoms with Crippen LogP contribution in [0.15, 0.2) is 24.3 Å². The van der Waals surface area contributed by atoms with Crippen LogP contribution in [0.4, 0.5) is 0 Å². The summed E-state index contributed by atoms with van der Waals surface area (Å²) in [5.74, 6) is -4.42. The first-order valence-corrected chi connectivity index (χ1v) is 6.83. The summed E-state index contributed by atoms with van der Waals surface area (Å²) in [6.07, 6.45) is 0. The zero-order valence-corrected chi connectivity index (χ0v) is 11.0. The fraction of sp³-hybridized carbons (Fsp3) is 0.200. The Bertz CT molecular complexity index is 611. The number of halogens is 1. The van der Waals surface area contributed by atoms with Gasteiger partial charge in [-0.1, -0.05) is 11.6 Å². The zero-order chi connectivity index (χ0) is 14.8. The normalized spacial score (nSPS) is 14.7. The van der Waals surface area contributed by atoms with Crippen LogP contribution in [0.25, 0.3) is 0 Å². The van der Waals surface area contributed by atoms with E-state index in [1.165, 1.54) is 24.3 Å². The summed E-state index contributed by atoms with van der Waals surface area (Å²) in [4.78, 5) is 23.0. The van der Waals surface area contributed by atoms with Crippen molar-refractivity contribution in [3.05, 3.63) is 34.9 Å². The first-order chi connectivity index (χ1) is 8.56. The molecule has 0 spiro atoms. The topological polar surface area (TPSA) is 135 Å². The molecular weight excluding hydrogens is 298 g/mol. The summed E-state index contributed by atoms with van der Waals surface area (Å²) < 4.78 is 30.3. The molecule has 0 amide bonds. The molecule has 0 fully saturated rings. The Morgan fingerprint density at radius 2 is 1.74 bits per heavy atom. The van der Waals surface area contributed by atoms with Gasteiger partial charge in [0.2, 0.25) is 0 Å². The molecule has 1 rings (SSSR count). The highest BCUT2D eigenvalue weighted by atomic mass is 35.5. The van der Waals surface area contributed by atoms with Gasteiger partial charge in [0, 0.05) is 10.6 Å². The predicted molar refractivity (Wildman–Crippen MR) is 66.8 cm³/mol. The number of carboxylic acid groups (broad SMARTS) is 1. The average Bonchev–Trinajstić information content (AvgIpc) is 2.26. The van der Waals surface area contributed by atoms with Crippen LogP contribution in [0.5, 0.6) is 0 Å². The van der Waals surface area contributed by atoms with Gasteiger partial charge in [0.1, 0.15) is 5.75 Å². The van der Waals surface area contributed by atoms with Crippen LogP contribution < -0.4 is 5.73 Å². The van der Waals surface area contributed by atoms with Crippen LogP contribution in [0.3, 0.4) is 0 Å². The van der Waals surface area contributed by atoms with Gasteiger partial charge in [0.25, 0.3) is 10.1 Å². The van der Waals surface area contributed by atoms with E-state index in [9.17, 15) is 18.0 Å². The second-order valence-corrected chi connectivity index (χ2v) is 5.73. The fourth-order valence-electron chi connectivity index (χ4n) is 1.37. The molecule has 1 unspecified atom stereocenters. The Morgan fingerprint density at radius 1 is 1.26 bits per heavy atom. The molecule has 0 bridgehead atoms. The third-order valence-electron chi connectivity index (χ3n) is 2.30. The lowest BCUT2D eigenvalue weighted by Crippen LogP contribution is -2.59. The van der Waals surface area contributed by atoms with Crippen molar-refractivity contribution in [2.24, 2.45) is 5.73 Å². The van der Waals surface area contributed by atoms with Crippen molar-refractivity contribution in [1.29, 1.82) is 0 Å². The van der Waals surface area contributed by atoms with Crippen LogP contribution in [0.1, 0.15) is 10.4 Å². The Labute approximate surface area is 113 Å². The van der Waals surface area contributed by atoms with Gasteiger partial charge in [0.05, 0.1) is 0 Å². The highest BCUT2D eigenvalue weighted by Gasteiger charge is 2.46. The van der Waals surface area contributed by atoms with E-state index in [-0.39, 0.29) is 5.56 Å². The second kappa shape index (κ2) is 5.25. The molecule has 0 saturated carbocycles. The molecule has 0 aliphatic heterocycles. The number of hydrogen-bond donors (Lipinski definition) is 3. The van der Waals surface area contributed by atoms with Crippen LogP contribution in [-0.2, 0) is 14.9 Å². The third-order valence-corrected chi connectivity index (χ3v) is 3.38. The van der Waals surface area contributed by atoms with Gasteiger partial charge in [0.15, 0.2) is 11.3 Å². The number of aliphatic carboxylic acids is 1. The molecule has 7 nitrogen and oxygen atoms in total. The fourth-order valence-corrected chi connectivity index (χ4v) is 2.33. The quantitative estimate of drug-likeness (QED) is 0.401. The van der Waals surface area contributed by atoms with Crippen molar-refractivity contribution in [2.75, 3.05) is 5.75 Å². The van der Waals surface area contributed by atoms with Gasteiger partial charge in [-0.2, -0.15) is 8.42 Å². The number of benzene rings is 1. The first-order valence-electron chi connectivity index (χ1n) is 4.84. The van der Waals surface area contributed by atoms with E-state index in [0.29, 0.717) is 5.02 Å². The Balaban J connectivity index is 3.23. The highest BCUT2D eigenvalue weighted by molar-refractivity contribution is 7.85. The summed E-state index contributed by atoms with van der Waals surface area (Å²) in [7, 11) is -4.74. The summed E-state index contributed by atoms with van der Waals surface area (Å²) in [5, 5.41) is 9.24. The molecule has 0 saturated heterocycles. The number of carbonyl (C=O) groups is 2. The number of ketones is 1. The molecule has 1 aromatic carbocycles.